The topological polar surface area (TPSA) is 70.2 Å². The lowest BCUT2D eigenvalue weighted by molar-refractivity contribution is -0.121. The fourth-order valence-corrected chi connectivity index (χ4v) is 2.52. The molecule has 0 bridgehead atoms. The maximum absolute atomic E-state index is 11.9. The summed E-state index contributed by atoms with van der Waals surface area (Å²) in [4.78, 5) is 23.7. The molecule has 0 atom stereocenters. The van der Waals surface area contributed by atoms with Gasteiger partial charge in [0.15, 0.2) is 0 Å². The van der Waals surface area contributed by atoms with Crippen LogP contribution in [-0.4, -0.2) is 11.9 Å². The number of benzene rings is 2. The summed E-state index contributed by atoms with van der Waals surface area (Å²) in [6, 6.07) is 17.4. The van der Waals surface area contributed by atoms with Crippen molar-refractivity contribution in [1.29, 1.82) is 0 Å². The molecule has 2 aromatic carbocycles. The van der Waals surface area contributed by atoms with Gasteiger partial charge in [0.1, 0.15) is 0 Å². The quantitative estimate of drug-likeness (QED) is 0.681. The van der Waals surface area contributed by atoms with Crippen molar-refractivity contribution in [1.82, 2.24) is 16.0 Å². The van der Waals surface area contributed by atoms with Gasteiger partial charge in [0.05, 0.1) is 0 Å². The molecule has 0 aliphatic rings. The first-order valence-corrected chi connectivity index (χ1v) is 8.93. The van der Waals surface area contributed by atoms with E-state index in [2.05, 4.69) is 16.0 Å². The minimum Gasteiger partial charge on any atom is -0.352 e. The lowest BCUT2D eigenvalue weighted by atomic mass is 10.1. The summed E-state index contributed by atoms with van der Waals surface area (Å²) in [5.74, 6) is 0.406. The summed E-state index contributed by atoms with van der Waals surface area (Å²) in [6.45, 7) is 5.48. The molecule has 0 fully saturated rings. The third-order valence-electron chi connectivity index (χ3n) is 3.82. The summed E-state index contributed by atoms with van der Waals surface area (Å²) in [5.41, 5.74) is 3.07. The first-order chi connectivity index (χ1) is 12.5. The number of amides is 3. The van der Waals surface area contributed by atoms with E-state index in [-0.39, 0.29) is 11.9 Å². The number of hydrogen-bond donors (Lipinski definition) is 3. The van der Waals surface area contributed by atoms with Crippen molar-refractivity contribution in [3.05, 3.63) is 71.3 Å². The van der Waals surface area contributed by atoms with E-state index in [4.69, 9.17) is 0 Å². The predicted molar refractivity (Wildman–Crippen MR) is 103 cm³/mol. The van der Waals surface area contributed by atoms with Crippen LogP contribution in [0, 0.1) is 5.92 Å². The third kappa shape index (κ3) is 7.38. The number of carbonyl (C=O) groups is 2. The molecular weight excluding hydrogens is 326 g/mol. The highest BCUT2D eigenvalue weighted by Crippen LogP contribution is 2.06. The number of urea groups is 1. The van der Waals surface area contributed by atoms with E-state index in [0.29, 0.717) is 32.0 Å². The molecule has 26 heavy (non-hydrogen) atoms. The molecule has 5 heteroatoms. The molecular formula is C21H27N3O2. The SMILES string of the molecule is CC(C)CC(=O)NCc1cccc(CNC(=O)NCc2ccccc2)c1. The lowest BCUT2D eigenvalue weighted by Crippen LogP contribution is -2.34. The molecule has 2 aromatic rings. The van der Waals surface area contributed by atoms with Gasteiger partial charge in [-0.05, 0) is 22.6 Å². The van der Waals surface area contributed by atoms with E-state index in [1.807, 2.05) is 68.4 Å². The average molecular weight is 353 g/mol. The first-order valence-electron chi connectivity index (χ1n) is 8.93. The number of carbonyl (C=O) groups excluding carboxylic acids is 2. The van der Waals surface area contributed by atoms with Gasteiger partial charge in [0.2, 0.25) is 5.91 Å². The van der Waals surface area contributed by atoms with Crippen LogP contribution in [0.3, 0.4) is 0 Å². The Morgan fingerprint density at radius 1 is 0.769 bits per heavy atom. The van der Waals surface area contributed by atoms with Crippen LogP contribution < -0.4 is 16.0 Å². The summed E-state index contributed by atoms with van der Waals surface area (Å²) in [6.07, 6.45) is 0.531. The van der Waals surface area contributed by atoms with Crippen LogP contribution in [0.25, 0.3) is 0 Å². The molecule has 0 aromatic heterocycles. The highest BCUT2D eigenvalue weighted by molar-refractivity contribution is 5.76. The number of rotatable bonds is 8. The van der Waals surface area contributed by atoms with Crippen LogP contribution in [0.1, 0.15) is 37.0 Å². The van der Waals surface area contributed by atoms with Crippen LogP contribution in [0.2, 0.25) is 0 Å². The molecule has 2 rings (SSSR count). The van der Waals surface area contributed by atoms with Crippen molar-refractivity contribution in [3.63, 3.8) is 0 Å². The van der Waals surface area contributed by atoms with E-state index in [1.54, 1.807) is 0 Å². The highest BCUT2D eigenvalue weighted by Gasteiger charge is 2.05. The molecule has 0 spiro atoms. The zero-order valence-corrected chi connectivity index (χ0v) is 15.4. The molecule has 3 amide bonds. The second-order valence-electron chi connectivity index (χ2n) is 6.72. The summed E-state index contributed by atoms with van der Waals surface area (Å²) >= 11 is 0. The van der Waals surface area contributed by atoms with E-state index in [0.717, 1.165) is 16.7 Å². The lowest BCUT2D eigenvalue weighted by Gasteiger charge is -2.10. The molecule has 138 valence electrons. The van der Waals surface area contributed by atoms with E-state index >= 15 is 0 Å². The largest absolute Gasteiger partial charge is 0.352 e. The molecule has 3 N–H and O–H groups in total. The molecule has 0 aliphatic heterocycles. The Morgan fingerprint density at radius 3 is 1.92 bits per heavy atom. The number of hydrogen-bond acceptors (Lipinski definition) is 2. The first kappa shape index (κ1) is 19.5. The van der Waals surface area contributed by atoms with Crippen LogP contribution in [-0.2, 0) is 24.4 Å². The Labute approximate surface area is 155 Å². The van der Waals surface area contributed by atoms with Crippen LogP contribution >= 0.6 is 0 Å². The molecule has 0 aliphatic carbocycles. The van der Waals surface area contributed by atoms with Gasteiger partial charge < -0.3 is 16.0 Å². The van der Waals surface area contributed by atoms with E-state index < -0.39 is 0 Å². The van der Waals surface area contributed by atoms with Crippen molar-refractivity contribution in [2.45, 2.75) is 39.9 Å². The number of nitrogens with one attached hydrogen (secondary N) is 3. The maximum Gasteiger partial charge on any atom is 0.315 e. The van der Waals surface area contributed by atoms with Crippen molar-refractivity contribution in [3.8, 4) is 0 Å². The molecule has 0 heterocycles. The zero-order valence-electron chi connectivity index (χ0n) is 15.4. The predicted octanol–water partition coefficient (Wildman–Crippen LogP) is 3.35. The molecule has 0 radical (unpaired) electrons. The minimum absolute atomic E-state index is 0.0591. The van der Waals surface area contributed by atoms with Gasteiger partial charge >= 0.3 is 6.03 Å². The van der Waals surface area contributed by atoms with Gasteiger partial charge in [0.25, 0.3) is 0 Å². The average Bonchev–Trinajstić information content (AvgIpc) is 2.64. The van der Waals surface area contributed by atoms with Gasteiger partial charge in [-0.25, -0.2) is 4.79 Å². The third-order valence-corrected chi connectivity index (χ3v) is 3.82. The molecule has 0 saturated heterocycles. The van der Waals surface area contributed by atoms with Gasteiger partial charge in [0, 0.05) is 26.1 Å². The van der Waals surface area contributed by atoms with E-state index in [9.17, 15) is 9.59 Å². The Kier molecular flexibility index (Phi) is 7.68. The second-order valence-corrected chi connectivity index (χ2v) is 6.72. The Morgan fingerprint density at radius 2 is 1.31 bits per heavy atom. The van der Waals surface area contributed by atoms with Gasteiger partial charge in [-0.1, -0.05) is 68.4 Å². The standard InChI is InChI=1S/C21H27N3O2/c1-16(2)11-20(25)22-14-18-9-6-10-19(12-18)15-24-21(26)23-13-17-7-4-3-5-8-17/h3-10,12,16H,11,13-15H2,1-2H3,(H,22,25)(H2,23,24,26). The Hall–Kier alpha value is -2.82. The summed E-state index contributed by atoms with van der Waals surface area (Å²) in [7, 11) is 0. The van der Waals surface area contributed by atoms with E-state index in [1.165, 1.54) is 0 Å². The maximum atomic E-state index is 11.9. The minimum atomic E-state index is -0.204. The van der Waals surface area contributed by atoms with Gasteiger partial charge in [-0.15, -0.1) is 0 Å². The van der Waals surface area contributed by atoms with Crippen molar-refractivity contribution >= 4 is 11.9 Å². The van der Waals surface area contributed by atoms with Crippen LogP contribution in [0.15, 0.2) is 54.6 Å². The fraction of sp³-hybridized carbons (Fsp3) is 0.333. The van der Waals surface area contributed by atoms with Crippen LogP contribution in [0.5, 0.6) is 0 Å². The molecule has 0 saturated carbocycles. The molecule has 5 nitrogen and oxygen atoms in total. The normalized spacial score (nSPS) is 10.4. The van der Waals surface area contributed by atoms with Crippen LogP contribution in [0.4, 0.5) is 4.79 Å². The second kappa shape index (κ2) is 10.2. The Bertz CT molecular complexity index is 714. The van der Waals surface area contributed by atoms with Gasteiger partial charge in [-0.3, -0.25) is 4.79 Å². The monoisotopic (exact) mass is 353 g/mol. The smallest absolute Gasteiger partial charge is 0.315 e. The molecule has 0 unspecified atom stereocenters. The van der Waals surface area contributed by atoms with Crippen molar-refractivity contribution in [2.75, 3.05) is 0 Å². The fourth-order valence-electron chi connectivity index (χ4n) is 2.52. The van der Waals surface area contributed by atoms with Crippen molar-refractivity contribution < 1.29 is 9.59 Å². The van der Waals surface area contributed by atoms with Crippen molar-refractivity contribution in [2.24, 2.45) is 5.92 Å². The summed E-state index contributed by atoms with van der Waals surface area (Å²) in [5, 5.41) is 8.61. The zero-order chi connectivity index (χ0) is 18.8. The Balaban J connectivity index is 1.75. The summed E-state index contributed by atoms with van der Waals surface area (Å²) < 4.78 is 0. The van der Waals surface area contributed by atoms with Gasteiger partial charge in [-0.2, -0.15) is 0 Å². The highest BCUT2D eigenvalue weighted by atomic mass is 16.2.